The van der Waals surface area contributed by atoms with Crippen LogP contribution in [0.3, 0.4) is 0 Å². The van der Waals surface area contributed by atoms with Crippen molar-refractivity contribution in [1.29, 1.82) is 0 Å². The minimum absolute atomic E-state index is 0.278. The Morgan fingerprint density at radius 3 is 2.59 bits per heavy atom. The Bertz CT molecular complexity index is 1010. The van der Waals surface area contributed by atoms with E-state index in [0.29, 0.717) is 12.0 Å². The van der Waals surface area contributed by atoms with Gasteiger partial charge in [-0.25, -0.2) is 14.5 Å². The lowest BCUT2D eigenvalue weighted by Crippen LogP contribution is -2.48. The number of carbonyl (C=O) groups is 2. The van der Waals surface area contributed by atoms with Crippen LogP contribution in [0.4, 0.5) is 0 Å². The van der Waals surface area contributed by atoms with Crippen LogP contribution in [0.2, 0.25) is 0 Å². The number of carboxylic acid groups (broad SMARTS) is 1. The maximum absolute atomic E-state index is 13.2. The second kappa shape index (κ2) is 6.68. The summed E-state index contributed by atoms with van der Waals surface area (Å²) < 4.78 is 1.61. The molecule has 1 aliphatic heterocycles. The zero-order chi connectivity index (χ0) is 19.0. The second-order valence-corrected chi connectivity index (χ2v) is 6.60. The SMILES string of the molecule is Cc1cc(-n2cncn2)ccc1C(=O)N1Cc2ccccc2CC1C(=O)O. The molecule has 4 rings (SSSR count). The number of hydrogen-bond acceptors (Lipinski definition) is 4. The highest BCUT2D eigenvalue weighted by Gasteiger charge is 2.35. The molecule has 2 aromatic carbocycles. The van der Waals surface area contributed by atoms with Crippen molar-refractivity contribution in [2.24, 2.45) is 0 Å². The van der Waals surface area contributed by atoms with Gasteiger partial charge in [-0.1, -0.05) is 24.3 Å². The molecule has 1 unspecified atom stereocenters. The number of aliphatic carboxylic acids is 1. The van der Waals surface area contributed by atoms with Crippen molar-refractivity contribution in [3.8, 4) is 5.69 Å². The Labute approximate surface area is 155 Å². The fraction of sp³-hybridized carbons (Fsp3) is 0.200. The van der Waals surface area contributed by atoms with Crippen LogP contribution in [-0.4, -0.2) is 42.7 Å². The predicted molar refractivity (Wildman–Crippen MR) is 97.5 cm³/mol. The quantitative estimate of drug-likeness (QED) is 0.772. The minimum Gasteiger partial charge on any atom is -0.480 e. The van der Waals surface area contributed by atoms with Gasteiger partial charge in [0.05, 0.1) is 5.69 Å². The Morgan fingerprint density at radius 2 is 1.93 bits per heavy atom. The van der Waals surface area contributed by atoms with Gasteiger partial charge in [-0.2, -0.15) is 5.10 Å². The number of hydrogen-bond donors (Lipinski definition) is 1. The lowest BCUT2D eigenvalue weighted by molar-refractivity contribution is -0.142. The number of amides is 1. The van der Waals surface area contributed by atoms with Crippen LogP contribution in [0.5, 0.6) is 0 Å². The summed E-state index contributed by atoms with van der Waals surface area (Å²) in [5.41, 5.74) is 4.01. The van der Waals surface area contributed by atoms with Gasteiger partial charge in [0.25, 0.3) is 5.91 Å². The summed E-state index contributed by atoms with van der Waals surface area (Å²) in [4.78, 5) is 30.3. The minimum atomic E-state index is -0.991. The predicted octanol–water partition coefficient (Wildman–Crippen LogP) is 2.23. The molecule has 7 nitrogen and oxygen atoms in total. The molecule has 3 aromatic rings. The van der Waals surface area contributed by atoms with Gasteiger partial charge in [-0.15, -0.1) is 0 Å². The molecular formula is C20H18N4O3. The normalized spacial score (nSPS) is 16.0. The summed E-state index contributed by atoms with van der Waals surface area (Å²) in [7, 11) is 0. The summed E-state index contributed by atoms with van der Waals surface area (Å²) in [6, 6.07) is 12.1. The molecule has 27 heavy (non-hydrogen) atoms. The topological polar surface area (TPSA) is 88.3 Å². The van der Waals surface area contributed by atoms with Crippen molar-refractivity contribution in [1.82, 2.24) is 19.7 Å². The highest BCUT2D eigenvalue weighted by molar-refractivity contribution is 5.98. The number of nitrogens with zero attached hydrogens (tertiary/aromatic N) is 4. The van der Waals surface area contributed by atoms with Gasteiger partial charge in [0.15, 0.2) is 0 Å². The molecule has 1 amide bonds. The number of fused-ring (bicyclic) bond motifs is 1. The van der Waals surface area contributed by atoms with E-state index < -0.39 is 12.0 Å². The van der Waals surface area contributed by atoms with Crippen molar-refractivity contribution < 1.29 is 14.7 Å². The summed E-state index contributed by atoms with van der Waals surface area (Å²) in [5.74, 6) is -1.27. The summed E-state index contributed by atoms with van der Waals surface area (Å²) >= 11 is 0. The second-order valence-electron chi connectivity index (χ2n) is 6.60. The van der Waals surface area contributed by atoms with Gasteiger partial charge in [0, 0.05) is 18.5 Å². The number of aryl methyl sites for hydroxylation is 1. The van der Waals surface area contributed by atoms with Crippen molar-refractivity contribution in [2.75, 3.05) is 0 Å². The molecule has 1 aromatic heterocycles. The third-order valence-electron chi connectivity index (χ3n) is 4.92. The van der Waals surface area contributed by atoms with E-state index in [-0.39, 0.29) is 12.5 Å². The fourth-order valence-corrected chi connectivity index (χ4v) is 3.48. The van der Waals surface area contributed by atoms with Crippen LogP contribution in [0.15, 0.2) is 55.1 Å². The molecule has 0 radical (unpaired) electrons. The molecule has 0 saturated carbocycles. The monoisotopic (exact) mass is 362 g/mol. The Morgan fingerprint density at radius 1 is 1.15 bits per heavy atom. The lowest BCUT2D eigenvalue weighted by Gasteiger charge is -2.34. The first-order valence-corrected chi connectivity index (χ1v) is 8.61. The molecule has 1 atom stereocenters. The Hall–Kier alpha value is -3.48. The first kappa shape index (κ1) is 17.0. The van der Waals surface area contributed by atoms with Crippen LogP contribution in [0.1, 0.15) is 27.0 Å². The van der Waals surface area contributed by atoms with E-state index in [1.807, 2.05) is 37.3 Å². The highest BCUT2D eigenvalue weighted by Crippen LogP contribution is 2.26. The van der Waals surface area contributed by atoms with E-state index in [0.717, 1.165) is 22.4 Å². The zero-order valence-electron chi connectivity index (χ0n) is 14.7. The van der Waals surface area contributed by atoms with E-state index >= 15 is 0 Å². The standard InChI is InChI=1S/C20H18N4O3/c1-13-8-16(24-12-21-11-22-24)6-7-17(13)19(25)23-10-15-5-3-2-4-14(15)9-18(23)20(26)27/h2-8,11-12,18H,9-10H2,1H3,(H,26,27). The van der Waals surface area contributed by atoms with Gasteiger partial charge in [-0.05, 0) is 41.8 Å². The molecule has 2 heterocycles. The number of aromatic nitrogens is 3. The molecule has 0 spiro atoms. The Kier molecular flexibility index (Phi) is 4.19. The van der Waals surface area contributed by atoms with E-state index in [1.54, 1.807) is 23.1 Å². The molecule has 0 fully saturated rings. The number of carbonyl (C=O) groups excluding carboxylic acids is 1. The smallest absolute Gasteiger partial charge is 0.326 e. The summed E-state index contributed by atoms with van der Waals surface area (Å²) in [6.45, 7) is 2.12. The van der Waals surface area contributed by atoms with Crippen molar-refractivity contribution in [3.05, 3.63) is 77.4 Å². The van der Waals surface area contributed by atoms with Crippen LogP contribution in [0.25, 0.3) is 5.69 Å². The van der Waals surface area contributed by atoms with Gasteiger partial charge in [0.2, 0.25) is 0 Å². The number of carboxylic acids is 1. The molecule has 1 aliphatic rings. The summed E-state index contributed by atoms with van der Waals surface area (Å²) in [6.07, 6.45) is 3.34. The number of benzene rings is 2. The van der Waals surface area contributed by atoms with Crippen molar-refractivity contribution in [2.45, 2.75) is 25.9 Å². The van der Waals surface area contributed by atoms with Gasteiger partial charge < -0.3 is 10.0 Å². The maximum Gasteiger partial charge on any atom is 0.326 e. The van der Waals surface area contributed by atoms with Gasteiger partial charge in [-0.3, -0.25) is 4.79 Å². The third kappa shape index (κ3) is 3.08. The third-order valence-corrected chi connectivity index (χ3v) is 4.92. The van der Waals surface area contributed by atoms with Crippen molar-refractivity contribution in [3.63, 3.8) is 0 Å². The molecule has 0 aliphatic carbocycles. The fourth-order valence-electron chi connectivity index (χ4n) is 3.48. The van der Waals surface area contributed by atoms with E-state index in [2.05, 4.69) is 10.1 Å². The molecule has 0 saturated heterocycles. The van der Waals surface area contributed by atoms with Crippen LogP contribution < -0.4 is 0 Å². The molecule has 0 bridgehead atoms. The largest absolute Gasteiger partial charge is 0.480 e. The van der Waals surface area contributed by atoms with Crippen molar-refractivity contribution >= 4 is 11.9 Å². The molecular weight excluding hydrogens is 344 g/mol. The van der Waals surface area contributed by atoms with Crippen LogP contribution in [-0.2, 0) is 17.8 Å². The van der Waals surface area contributed by atoms with Gasteiger partial charge >= 0.3 is 5.97 Å². The molecule has 1 N–H and O–H groups in total. The van der Waals surface area contributed by atoms with E-state index in [4.69, 9.17) is 0 Å². The maximum atomic E-state index is 13.2. The zero-order valence-corrected chi connectivity index (χ0v) is 14.7. The first-order valence-electron chi connectivity index (χ1n) is 8.61. The summed E-state index contributed by atoms with van der Waals surface area (Å²) in [5, 5.41) is 13.7. The first-order chi connectivity index (χ1) is 13.0. The lowest BCUT2D eigenvalue weighted by atomic mass is 9.93. The van der Waals surface area contributed by atoms with Gasteiger partial charge in [0.1, 0.15) is 18.7 Å². The van der Waals surface area contributed by atoms with E-state index in [1.165, 1.54) is 11.2 Å². The van der Waals surface area contributed by atoms with Crippen LogP contribution in [0, 0.1) is 6.92 Å². The highest BCUT2D eigenvalue weighted by atomic mass is 16.4. The number of rotatable bonds is 3. The molecule has 7 heteroatoms. The molecule has 136 valence electrons. The average Bonchev–Trinajstić information content (AvgIpc) is 3.21. The average molecular weight is 362 g/mol. The van der Waals surface area contributed by atoms with Crippen LogP contribution >= 0.6 is 0 Å². The Balaban J connectivity index is 1.68. The van der Waals surface area contributed by atoms with E-state index in [9.17, 15) is 14.7 Å².